The summed E-state index contributed by atoms with van der Waals surface area (Å²) in [5.41, 5.74) is 1.36. The maximum Gasteiger partial charge on any atom is 0.0351 e. The number of rotatable bonds is 5. The number of hydrogen-bond donors (Lipinski definition) is 0. The molecule has 0 spiro atoms. The van der Waals surface area contributed by atoms with Gasteiger partial charge in [0.05, 0.1) is 0 Å². The summed E-state index contributed by atoms with van der Waals surface area (Å²) >= 11 is 5.79. The van der Waals surface area contributed by atoms with Crippen molar-refractivity contribution >= 4 is 22.4 Å². The number of fused-ring (bicyclic) bond motifs is 1. The van der Waals surface area contributed by atoms with Gasteiger partial charge in [-0.3, -0.25) is 4.90 Å². The quantitative estimate of drug-likeness (QED) is 0.725. The van der Waals surface area contributed by atoms with E-state index in [0.717, 1.165) is 19.6 Å². The highest BCUT2D eigenvalue weighted by Crippen LogP contribution is 2.16. The number of benzene rings is 2. The first-order valence-electron chi connectivity index (χ1n) is 6.09. The van der Waals surface area contributed by atoms with E-state index in [1.165, 1.54) is 16.3 Å². The van der Waals surface area contributed by atoms with Crippen LogP contribution >= 0.6 is 11.6 Å². The second-order valence-electron chi connectivity index (χ2n) is 4.24. The first-order chi connectivity index (χ1) is 8.33. The molecule has 2 aromatic rings. The molecule has 2 rings (SSSR count). The largest absolute Gasteiger partial charge is 0.298 e. The lowest BCUT2D eigenvalue weighted by Gasteiger charge is -2.19. The van der Waals surface area contributed by atoms with Gasteiger partial charge in [0, 0.05) is 19.0 Å². The van der Waals surface area contributed by atoms with Crippen molar-refractivity contribution < 1.29 is 0 Å². The zero-order valence-electron chi connectivity index (χ0n) is 10.2. The molecule has 0 N–H and O–H groups in total. The lowest BCUT2D eigenvalue weighted by molar-refractivity contribution is 0.298. The van der Waals surface area contributed by atoms with Gasteiger partial charge < -0.3 is 0 Å². The Bertz CT molecular complexity index is 481. The molecular weight excluding hydrogens is 230 g/mol. The lowest BCUT2D eigenvalue weighted by Crippen LogP contribution is -2.24. The smallest absolute Gasteiger partial charge is 0.0351 e. The van der Waals surface area contributed by atoms with E-state index in [0.29, 0.717) is 5.88 Å². The van der Waals surface area contributed by atoms with Crippen LogP contribution in [0.1, 0.15) is 12.5 Å². The maximum atomic E-state index is 5.79. The first kappa shape index (κ1) is 12.4. The number of halogens is 1. The molecule has 0 saturated heterocycles. The topological polar surface area (TPSA) is 3.24 Å². The average molecular weight is 248 g/mol. The van der Waals surface area contributed by atoms with Gasteiger partial charge in [-0.1, -0.05) is 43.3 Å². The summed E-state index contributed by atoms with van der Waals surface area (Å²) in [5, 5.41) is 2.61. The van der Waals surface area contributed by atoms with Crippen molar-refractivity contribution in [1.29, 1.82) is 0 Å². The minimum atomic E-state index is 0.696. The molecule has 90 valence electrons. The molecule has 0 heterocycles. The summed E-state index contributed by atoms with van der Waals surface area (Å²) < 4.78 is 0. The molecule has 0 aliphatic rings. The number of nitrogens with zero attached hydrogens (tertiary/aromatic N) is 1. The summed E-state index contributed by atoms with van der Waals surface area (Å²) in [6.45, 7) is 5.14. The third-order valence-corrected chi connectivity index (χ3v) is 3.24. The summed E-state index contributed by atoms with van der Waals surface area (Å²) in [6, 6.07) is 15.1. The maximum absolute atomic E-state index is 5.79. The molecule has 2 heteroatoms. The first-order valence-corrected chi connectivity index (χ1v) is 6.63. The van der Waals surface area contributed by atoms with Gasteiger partial charge in [0.1, 0.15) is 0 Å². The van der Waals surface area contributed by atoms with E-state index in [1.807, 2.05) is 0 Å². The number of alkyl halides is 1. The predicted molar refractivity (Wildman–Crippen MR) is 75.6 cm³/mol. The standard InChI is InChI=1S/C15H18ClN/c1-2-17(10-9-16)12-13-7-8-14-5-3-4-6-15(14)11-13/h3-8,11H,2,9-10,12H2,1H3. The molecular formula is C15H18ClN. The van der Waals surface area contributed by atoms with Gasteiger partial charge in [-0.2, -0.15) is 0 Å². The molecule has 17 heavy (non-hydrogen) atoms. The Morgan fingerprint density at radius 2 is 1.82 bits per heavy atom. The van der Waals surface area contributed by atoms with Crippen LogP contribution in [0.2, 0.25) is 0 Å². The number of hydrogen-bond acceptors (Lipinski definition) is 1. The second kappa shape index (κ2) is 6.04. The Morgan fingerprint density at radius 3 is 2.53 bits per heavy atom. The summed E-state index contributed by atoms with van der Waals surface area (Å²) in [7, 11) is 0. The predicted octanol–water partition coefficient (Wildman–Crippen LogP) is 3.90. The molecule has 2 aromatic carbocycles. The van der Waals surface area contributed by atoms with E-state index in [2.05, 4.69) is 54.3 Å². The highest BCUT2D eigenvalue weighted by molar-refractivity contribution is 6.18. The van der Waals surface area contributed by atoms with Crippen LogP contribution in [0.4, 0.5) is 0 Å². The molecule has 0 bridgehead atoms. The lowest BCUT2D eigenvalue weighted by atomic mass is 10.1. The van der Waals surface area contributed by atoms with Crippen LogP contribution in [0.5, 0.6) is 0 Å². The van der Waals surface area contributed by atoms with Gasteiger partial charge in [0.2, 0.25) is 0 Å². The summed E-state index contributed by atoms with van der Waals surface area (Å²) in [6.07, 6.45) is 0. The van der Waals surface area contributed by atoms with Gasteiger partial charge in [-0.15, -0.1) is 11.6 Å². The van der Waals surface area contributed by atoms with E-state index in [9.17, 15) is 0 Å². The minimum absolute atomic E-state index is 0.696. The van der Waals surface area contributed by atoms with E-state index in [4.69, 9.17) is 11.6 Å². The third-order valence-electron chi connectivity index (χ3n) is 3.07. The van der Waals surface area contributed by atoms with E-state index < -0.39 is 0 Å². The highest BCUT2D eigenvalue weighted by Gasteiger charge is 2.03. The normalized spacial score (nSPS) is 11.2. The van der Waals surface area contributed by atoms with Gasteiger partial charge in [0.25, 0.3) is 0 Å². The van der Waals surface area contributed by atoms with Crippen molar-refractivity contribution in [2.75, 3.05) is 19.0 Å². The zero-order valence-corrected chi connectivity index (χ0v) is 11.0. The monoisotopic (exact) mass is 247 g/mol. The van der Waals surface area contributed by atoms with Crippen LogP contribution in [0, 0.1) is 0 Å². The van der Waals surface area contributed by atoms with Crippen LogP contribution in [-0.2, 0) is 6.54 Å². The van der Waals surface area contributed by atoms with Gasteiger partial charge in [-0.05, 0) is 28.9 Å². The van der Waals surface area contributed by atoms with Crippen molar-refractivity contribution in [3.63, 3.8) is 0 Å². The van der Waals surface area contributed by atoms with Crippen molar-refractivity contribution in [1.82, 2.24) is 4.90 Å². The van der Waals surface area contributed by atoms with Crippen molar-refractivity contribution in [3.05, 3.63) is 48.0 Å². The van der Waals surface area contributed by atoms with E-state index >= 15 is 0 Å². The van der Waals surface area contributed by atoms with E-state index in [1.54, 1.807) is 0 Å². The molecule has 0 atom stereocenters. The zero-order chi connectivity index (χ0) is 12.1. The Morgan fingerprint density at radius 1 is 1.06 bits per heavy atom. The third kappa shape index (κ3) is 3.21. The molecule has 0 aliphatic heterocycles. The van der Waals surface area contributed by atoms with Gasteiger partial charge in [-0.25, -0.2) is 0 Å². The molecule has 0 aliphatic carbocycles. The average Bonchev–Trinajstić information content (AvgIpc) is 2.38. The fourth-order valence-electron chi connectivity index (χ4n) is 2.06. The van der Waals surface area contributed by atoms with E-state index in [-0.39, 0.29) is 0 Å². The van der Waals surface area contributed by atoms with Crippen LogP contribution in [0.15, 0.2) is 42.5 Å². The molecule has 1 nitrogen and oxygen atoms in total. The van der Waals surface area contributed by atoms with Crippen molar-refractivity contribution in [3.8, 4) is 0 Å². The molecule has 0 radical (unpaired) electrons. The second-order valence-corrected chi connectivity index (χ2v) is 4.62. The summed E-state index contributed by atoms with van der Waals surface area (Å²) in [4.78, 5) is 2.36. The molecule has 0 saturated carbocycles. The molecule has 0 unspecified atom stereocenters. The van der Waals surface area contributed by atoms with Crippen molar-refractivity contribution in [2.45, 2.75) is 13.5 Å². The summed E-state index contributed by atoms with van der Waals surface area (Å²) in [5.74, 6) is 0.696. The molecule has 0 amide bonds. The van der Waals surface area contributed by atoms with Gasteiger partial charge in [0.15, 0.2) is 0 Å². The van der Waals surface area contributed by atoms with Crippen LogP contribution in [0.3, 0.4) is 0 Å². The fraction of sp³-hybridized carbons (Fsp3) is 0.333. The molecule has 0 fully saturated rings. The van der Waals surface area contributed by atoms with Crippen molar-refractivity contribution in [2.24, 2.45) is 0 Å². The van der Waals surface area contributed by atoms with Crippen LogP contribution in [0.25, 0.3) is 10.8 Å². The minimum Gasteiger partial charge on any atom is -0.298 e. The highest BCUT2D eigenvalue weighted by atomic mass is 35.5. The SMILES string of the molecule is CCN(CCCl)Cc1ccc2ccccc2c1. The van der Waals surface area contributed by atoms with Crippen LogP contribution in [-0.4, -0.2) is 23.9 Å². The van der Waals surface area contributed by atoms with Crippen LogP contribution < -0.4 is 0 Å². The Balaban J connectivity index is 2.18. The fourth-order valence-corrected chi connectivity index (χ4v) is 2.30. The Kier molecular flexibility index (Phi) is 4.41. The Hall–Kier alpha value is -1.05. The Labute approximate surface area is 108 Å². The van der Waals surface area contributed by atoms with Gasteiger partial charge >= 0.3 is 0 Å². The molecule has 0 aromatic heterocycles.